The van der Waals surface area contributed by atoms with Crippen LogP contribution in [0.3, 0.4) is 0 Å². The van der Waals surface area contributed by atoms with Crippen molar-refractivity contribution < 1.29 is 39.4 Å². The van der Waals surface area contributed by atoms with E-state index in [9.17, 15) is 0 Å². The van der Waals surface area contributed by atoms with Crippen LogP contribution in [-0.2, 0) is 39.4 Å². The Labute approximate surface area is 63.1 Å². The van der Waals surface area contributed by atoms with Gasteiger partial charge in [0.25, 0.3) is 0 Å². The molecule has 4 heteroatoms. The summed E-state index contributed by atoms with van der Waals surface area (Å²) in [5, 5.41) is 0. The summed E-state index contributed by atoms with van der Waals surface area (Å²) < 4.78 is 8.42. The zero-order chi connectivity index (χ0) is 2.00. The van der Waals surface area contributed by atoms with Crippen LogP contribution < -0.4 is 0 Å². The van der Waals surface area contributed by atoms with Crippen molar-refractivity contribution in [3.8, 4) is 0 Å². The van der Waals surface area contributed by atoms with Crippen LogP contribution in [0.5, 0.6) is 0 Å². The molecule has 0 aliphatic rings. The van der Waals surface area contributed by atoms with Gasteiger partial charge in [-0.15, -0.1) is 0 Å². The van der Waals surface area contributed by atoms with Gasteiger partial charge in [0.15, 0.2) is 0 Å². The fourth-order valence-corrected chi connectivity index (χ4v) is 0. The molecular weight excluding hydrogens is 260 g/mol. The Bertz CT molecular complexity index is 8.00. The van der Waals surface area contributed by atoms with Gasteiger partial charge < -0.3 is 0 Å². The molecule has 0 aromatic carbocycles. The Hall–Kier alpha value is 1.81. The van der Waals surface area contributed by atoms with Crippen molar-refractivity contribution in [2.24, 2.45) is 0 Å². The van der Waals surface area contributed by atoms with E-state index >= 15 is 0 Å². The largest absolute Gasteiger partial charge is 0 e. The molecule has 0 aliphatic carbocycles. The Balaban J connectivity index is -0.00000000500. The molecule has 0 saturated heterocycles. The minimum Gasteiger partial charge on any atom is 0 e. The average molecular weight is 261 g/mol. The monoisotopic (exact) mass is 259 g/mol. The van der Waals surface area contributed by atoms with Crippen LogP contribution in [0, 0.1) is 0 Å². The zero-order valence-electron chi connectivity index (χ0n) is 2.12. The van der Waals surface area contributed by atoms with E-state index in [1.165, 1.54) is 0 Å². The van der Waals surface area contributed by atoms with E-state index in [1.807, 2.05) is 0 Å². The molecule has 0 spiro atoms. The molecule has 0 rings (SSSR count). The van der Waals surface area contributed by atoms with Crippen LogP contribution in [0.2, 0.25) is 0 Å². The maximum Gasteiger partial charge on any atom is 0 e. The summed E-state index contributed by atoms with van der Waals surface area (Å²) in [5.74, 6) is 0. The standard InChI is InChI=1S/Cu.In.O.Zn.H. The maximum absolute atomic E-state index is 8.42. The fourth-order valence-electron chi connectivity index (χ4n) is 0. The summed E-state index contributed by atoms with van der Waals surface area (Å²) in [6, 6.07) is 0. The molecule has 0 atom stereocenters. The topological polar surface area (TPSA) is 17.1 Å². The Morgan fingerprint density at radius 2 is 1.25 bits per heavy atom. The summed E-state index contributed by atoms with van der Waals surface area (Å²) in [7, 11) is 0. The van der Waals surface area contributed by atoms with Crippen LogP contribution in [-0.4, -0.2) is 24.4 Å². The molecule has 23 valence electrons. The smallest absolute Gasteiger partial charge is 0 e. The van der Waals surface area contributed by atoms with E-state index in [0.29, 0.717) is 0 Å². The molecule has 1 nitrogen and oxygen atoms in total. The van der Waals surface area contributed by atoms with Gasteiger partial charge in [0.2, 0.25) is 0 Å². The first-order valence-electron chi connectivity index (χ1n) is 0.289. The zero-order valence-corrected chi connectivity index (χ0v) is 10.1. The predicted molar refractivity (Wildman–Crippen MR) is 7.84 cm³/mol. The van der Waals surface area contributed by atoms with Crippen LogP contribution in [0.1, 0.15) is 0 Å². The molecule has 1 radical (unpaired) electrons. The molecular formula is HCuInOZn. The first kappa shape index (κ1) is 17.0. The first-order valence-corrected chi connectivity index (χ1v) is 1.94. The van der Waals surface area contributed by atoms with E-state index in [2.05, 4.69) is 0 Å². The van der Waals surface area contributed by atoms with Gasteiger partial charge in [-0.3, -0.25) is 0 Å². The average Bonchev–Trinajstić information content (AvgIpc) is 1.00. The minimum atomic E-state index is -0.1000. The van der Waals surface area contributed by atoms with E-state index < -0.39 is 0 Å². The molecule has 0 aromatic heterocycles. The minimum absolute atomic E-state index is 0. The number of hydrogen-bond acceptors (Lipinski definition) is 1. The van der Waals surface area contributed by atoms with Gasteiger partial charge >= 0.3 is 27.2 Å². The van der Waals surface area contributed by atoms with E-state index in [0.717, 1.165) is 0 Å². The van der Waals surface area contributed by atoms with Crippen molar-refractivity contribution in [1.82, 2.24) is 0 Å². The summed E-state index contributed by atoms with van der Waals surface area (Å²) in [5.41, 5.74) is 0. The Kier molecular flexibility index (Phi) is 90.6. The van der Waals surface area contributed by atoms with Gasteiger partial charge in [0, 0.05) is 36.5 Å². The third-order valence-corrected chi connectivity index (χ3v) is 0. The number of rotatable bonds is 0. The maximum atomic E-state index is 8.42. The van der Waals surface area contributed by atoms with Crippen molar-refractivity contribution in [1.29, 1.82) is 0 Å². The van der Waals surface area contributed by atoms with Crippen LogP contribution in [0.25, 0.3) is 0 Å². The van der Waals surface area contributed by atoms with Crippen molar-refractivity contribution in [2.45, 2.75) is 0 Å². The molecule has 0 unspecified atom stereocenters. The third-order valence-electron chi connectivity index (χ3n) is 0. The summed E-state index contributed by atoms with van der Waals surface area (Å²) >= 11 is -0.1000. The van der Waals surface area contributed by atoms with Crippen LogP contribution in [0.4, 0.5) is 0 Å². The van der Waals surface area contributed by atoms with Gasteiger partial charge in [-0.25, -0.2) is 0 Å². The molecule has 0 aromatic rings. The van der Waals surface area contributed by atoms with E-state index in [4.69, 9.17) is 2.85 Å². The van der Waals surface area contributed by atoms with Gasteiger partial charge in [0.1, 0.15) is 0 Å². The van der Waals surface area contributed by atoms with Gasteiger partial charge in [0.05, 0.1) is 0 Å². The first-order chi connectivity index (χ1) is 1.00. The van der Waals surface area contributed by atoms with Crippen molar-refractivity contribution in [3.63, 3.8) is 0 Å². The third kappa shape index (κ3) is 9.18. The normalized spacial score (nSPS) is 0.750. The van der Waals surface area contributed by atoms with Crippen LogP contribution in [0.15, 0.2) is 0 Å². The molecule has 4 heavy (non-hydrogen) atoms. The number of hydrogen-bond donors (Lipinski definition) is 0. The molecule has 0 bridgehead atoms. The van der Waals surface area contributed by atoms with Gasteiger partial charge in [-0.05, 0) is 0 Å². The quantitative estimate of drug-likeness (QED) is 0.523. The van der Waals surface area contributed by atoms with Crippen molar-refractivity contribution >= 4 is 24.4 Å². The van der Waals surface area contributed by atoms with Crippen molar-refractivity contribution in [2.75, 3.05) is 0 Å². The summed E-state index contributed by atoms with van der Waals surface area (Å²) in [6.45, 7) is 0. The fraction of sp³-hybridized carbons (Fsp3) is 0. The predicted octanol–water partition coefficient (Wildman–Crippen LogP) is -0.772. The molecule has 0 fully saturated rings. The van der Waals surface area contributed by atoms with Crippen molar-refractivity contribution in [3.05, 3.63) is 0 Å². The molecule has 0 amide bonds. The second-order valence-electron chi connectivity index (χ2n) is 0. The second kappa shape index (κ2) is 21.3. The molecule has 0 aliphatic heterocycles. The Morgan fingerprint density at radius 3 is 1.25 bits per heavy atom. The summed E-state index contributed by atoms with van der Waals surface area (Å²) in [4.78, 5) is 0. The molecule has 0 N–H and O–H groups in total. The van der Waals surface area contributed by atoms with Crippen LogP contribution >= 0.6 is 0 Å². The second-order valence-corrected chi connectivity index (χ2v) is 0. The van der Waals surface area contributed by atoms with Gasteiger partial charge in [-0.1, -0.05) is 0 Å². The van der Waals surface area contributed by atoms with E-state index in [1.54, 1.807) is 0 Å². The Morgan fingerprint density at radius 1 is 1.25 bits per heavy atom. The molecule has 0 saturated carbocycles. The SMILES string of the molecule is [Cu].[O]=[InH].[Zn]. The van der Waals surface area contributed by atoms with E-state index in [-0.39, 0.29) is 60.9 Å². The van der Waals surface area contributed by atoms with Gasteiger partial charge in [-0.2, -0.15) is 0 Å². The molecule has 0 heterocycles. The summed E-state index contributed by atoms with van der Waals surface area (Å²) in [6.07, 6.45) is 0.